The van der Waals surface area contributed by atoms with E-state index in [9.17, 15) is 8.78 Å². The molecule has 1 heterocycles. The number of hydrogen-bond donors (Lipinski definition) is 0. The van der Waals surface area contributed by atoms with E-state index in [4.69, 9.17) is 4.74 Å². The highest BCUT2D eigenvalue weighted by atomic mass is 19.3. The molecule has 1 aromatic carbocycles. The largest absolute Gasteiger partial charge is 0.491 e. The minimum atomic E-state index is -2.56. The van der Waals surface area contributed by atoms with E-state index in [1.165, 1.54) is 0 Å². The van der Waals surface area contributed by atoms with Crippen molar-refractivity contribution in [3.05, 3.63) is 24.3 Å². The second kappa shape index (κ2) is 5.12. The van der Waals surface area contributed by atoms with Crippen LogP contribution in [-0.2, 0) is 0 Å². The quantitative estimate of drug-likeness (QED) is 0.816. The van der Waals surface area contributed by atoms with Gasteiger partial charge in [-0.15, -0.1) is 0 Å². The molecule has 0 aromatic heterocycles. The van der Waals surface area contributed by atoms with Crippen LogP contribution in [0.15, 0.2) is 24.3 Å². The van der Waals surface area contributed by atoms with Crippen LogP contribution in [0.3, 0.4) is 0 Å². The zero-order valence-corrected chi connectivity index (χ0v) is 10.8. The van der Waals surface area contributed by atoms with Gasteiger partial charge in [0.25, 0.3) is 5.92 Å². The van der Waals surface area contributed by atoms with Crippen molar-refractivity contribution in [1.29, 1.82) is 0 Å². The summed E-state index contributed by atoms with van der Waals surface area (Å²) >= 11 is 0. The average molecular weight is 255 g/mol. The van der Waals surface area contributed by atoms with Gasteiger partial charge in [-0.1, -0.05) is 0 Å². The summed E-state index contributed by atoms with van der Waals surface area (Å²) in [6, 6.07) is 7.36. The third-order valence-corrected chi connectivity index (χ3v) is 2.97. The van der Waals surface area contributed by atoms with Crippen molar-refractivity contribution in [2.24, 2.45) is 0 Å². The molecule has 0 aliphatic carbocycles. The molecule has 4 heteroatoms. The summed E-state index contributed by atoms with van der Waals surface area (Å²) in [6.07, 6.45) is 0.658. The van der Waals surface area contributed by atoms with Crippen molar-refractivity contribution >= 4 is 5.69 Å². The van der Waals surface area contributed by atoms with Crippen molar-refractivity contribution in [2.45, 2.75) is 38.7 Å². The van der Waals surface area contributed by atoms with Crippen LogP contribution in [0.4, 0.5) is 14.5 Å². The molecule has 1 saturated heterocycles. The lowest BCUT2D eigenvalue weighted by Crippen LogP contribution is -2.42. The van der Waals surface area contributed by atoms with Crippen molar-refractivity contribution in [1.82, 2.24) is 0 Å². The van der Waals surface area contributed by atoms with Crippen LogP contribution in [0, 0.1) is 0 Å². The smallest absolute Gasteiger partial charge is 0.265 e. The maximum absolute atomic E-state index is 13.3. The molecule has 0 amide bonds. The van der Waals surface area contributed by atoms with Crippen molar-refractivity contribution in [3.8, 4) is 5.75 Å². The number of anilines is 1. The summed E-state index contributed by atoms with van der Waals surface area (Å²) in [7, 11) is 0. The van der Waals surface area contributed by atoms with Gasteiger partial charge in [0.05, 0.1) is 12.6 Å². The highest BCUT2D eigenvalue weighted by molar-refractivity contribution is 5.49. The summed E-state index contributed by atoms with van der Waals surface area (Å²) in [4.78, 5) is 1.74. The molecule has 1 aromatic rings. The SMILES string of the molecule is CC(C)Oc1ccc(N2CCCC(F)(F)C2)cc1. The number of benzene rings is 1. The second-order valence-corrected chi connectivity index (χ2v) is 5.04. The van der Waals surface area contributed by atoms with E-state index in [-0.39, 0.29) is 19.1 Å². The Balaban J connectivity index is 2.05. The highest BCUT2D eigenvalue weighted by Crippen LogP contribution is 2.30. The topological polar surface area (TPSA) is 12.5 Å². The standard InChI is InChI=1S/C14H19F2NO/c1-11(2)18-13-6-4-12(5-7-13)17-9-3-8-14(15,16)10-17/h4-7,11H,3,8-10H2,1-2H3. The molecule has 0 atom stereocenters. The Labute approximate surface area is 107 Å². The fourth-order valence-electron chi connectivity index (χ4n) is 2.19. The fourth-order valence-corrected chi connectivity index (χ4v) is 2.19. The molecule has 1 aliphatic heterocycles. The predicted molar refractivity (Wildman–Crippen MR) is 68.6 cm³/mol. The van der Waals surface area contributed by atoms with Crippen molar-refractivity contribution in [2.75, 3.05) is 18.0 Å². The number of halogens is 2. The second-order valence-electron chi connectivity index (χ2n) is 5.04. The molecule has 2 nitrogen and oxygen atoms in total. The molecule has 0 unspecified atom stereocenters. The lowest BCUT2D eigenvalue weighted by molar-refractivity contribution is -0.0116. The summed E-state index contributed by atoms with van der Waals surface area (Å²) in [6.45, 7) is 4.43. The molecule has 0 bridgehead atoms. The van der Waals surface area contributed by atoms with Crippen molar-refractivity contribution in [3.63, 3.8) is 0 Å². The molecule has 0 N–H and O–H groups in total. The normalized spacial score (nSPS) is 19.1. The molecule has 0 saturated carbocycles. The maximum atomic E-state index is 13.3. The lowest BCUT2D eigenvalue weighted by atomic mass is 10.1. The van der Waals surface area contributed by atoms with Gasteiger partial charge in [0, 0.05) is 18.7 Å². The molecule has 1 fully saturated rings. The molecule has 0 radical (unpaired) electrons. The van der Waals surface area contributed by atoms with Gasteiger partial charge >= 0.3 is 0 Å². The highest BCUT2D eigenvalue weighted by Gasteiger charge is 2.35. The van der Waals surface area contributed by atoms with Crippen LogP contribution < -0.4 is 9.64 Å². The Kier molecular flexibility index (Phi) is 3.73. The van der Waals surface area contributed by atoms with E-state index in [0.29, 0.717) is 13.0 Å². The number of ether oxygens (including phenoxy) is 1. The van der Waals surface area contributed by atoms with Gasteiger partial charge in [0.1, 0.15) is 5.75 Å². The van der Waals surface area contributed by atoms with Gasteiger partial charge in [-0.3, -0.25) is 0 Å². The molecule has 0 spiro atoms. The third kappa shape index (κ3) is 3.34. The van der Waals surface area contributed by atoms with E-state index in [1.807, 2.05) is 38.1 Å². The average Bonchev–Trinajstić information content (AvgIpc) is 2.28. The van der Waals surface area contributed by atoms with Crippen LogP contribution in [0.5, 0.6) is 5.75 Å². The maximum Gasteiger partial charge on any atom is 0.265 e. The van der Waals surface area contributed by atoms with Crippen LogP contribution in [0.2, 0.25) is 0 Å². The molecule has 100 valence electrons. The monoisotopic (exact) mass is 255 g/mol. The third-order valence-electron chi connectivity index (χ3n) is 2.97. The zero-order valence-electron chi connectivity index (χ0n) is 10.8. The summed E-state index contributed by atoms with van der Waals surface area (Å²) in [5.41, 5.74) is 0.838. The van der Waals surface area contributed by atoms with Crippen LogP contribution in [-0.4, -0.2) is 25.1 Å². The van der Waals surface area contributed by atoms with E-state index in [0.717, 1.165) is 11.4 Å². The fraction of sp³-hybridized carbons (Fsp3) is 0.571. The van der Waals surface area contributed by atoms with Gasteiger partial charge in [-0.25, -0.2) is 8.78 Å². The predicted octanol–water partition coefficient (Wildman–Crippen LogP) is 3.71. The van der Waals surface area contributed by atoms with Crippen LogP contribution in [0.25, 0.3) is 0 Å². The summed E-state index contributed by atoms with van der Waals surface area (Å²) in [5, 5.41) is 0. The molecule has 1 aliphatic rings. The Morgan fingerprint density at radius 2 is 1.89 bits per heavy atom. The number of piperidine rings is 1. The van der Waals surface area contributed by atoms with E-state index >= 15 is 0 Å². The Hall–Kier alpha value is -1.32. The van der Waals surface area contributed by atoms with Gasteiger partial charge < -0.3 is 9.64 Å². The van der Waals surface area contributed by atoms with Crippen LogP contribution in [0.1, 0.15) is 26.7 Å². The van der Waals surface area contributed by atoms with Crippen molar-refractivity contribution < 1.29 is 13.5 Å². The number of nitrogens with zero attached hydrogens (tertiary/aromatic N) is 1. The van der Waals surface area contributed by atoms with Crippen LogP contribution >= 0.6 is 0 Å². The minimum absolute atomic E-state index is 0.00194. The number of hydrogen-bond acceptors (Lipinski definition) is 2. The first-order valence-corrected chi connectivity index (χ1v) is 6.36. The first-order chi connectivity index (χ1) is 8.46. The first-order valence-electron chi connectivity index (χ1n) is 6.36. The van der Waals surface area contributed by atoms with Gasteiger partial charge in [0.2, 0.25) is 0 Å². The summed E-state index contributed by atoms with van der Waals surface area (Å²) < 4.78 is 32.2. The molecule has 2 rings (SSSR count). The van der Waals surface area contributed by atoms with E-state index in [2.05, 4.69) is 0 Å². The number of alkyl halides is 2. The Bertz CT molecular complexity index is 389. The van der Waals surface area contributed by atoms with Gasteiger partial charge in [-0.05, 0) is 44.5 Å². The van der Waals surface area contributed by atoms with Gasteiger partial charge in [0.15, 0.2) is 0 Å². The van der Waals surface area contributed by atoms with Gasteiger partial charge in [-0.2, -0.15) is 0 Å². The van der Waals surface area contributed by atoms with E-state index < -0.39 is 5.92 Å². The molecular weight excluding hydrogens is 236 g/mol. The first kappa shape index (κ1) is 13.1. The molecular formula is C14H19F2NO. The zero-order chi connectivity index (χ0) is 13.2. The van der Waals surface area contributed by atoms with E-state index in [1.54, 1.807) is 4.90 Å². The Morgan fingerprint density at radius 3 is 2.44 bits per heavy atom. The Morgan fingerprint density at radius 1 is 1.22 bits per heavy atom. The number of rotatable bonds is 3. The lowest BCUT2D eigenvalue weighted by Gasteiger charge is -2.34. The minimum Gasteiger partial charge on any atom is -0.491 e. The summed E-state index contributed by atoms with van der Waals surface area (Å²) in [5.74, 6) is -1.79. The molecule has 18 heavy (non-hydrogen) atoms.